The summed E-state index contributed by atoms with van der Waals surface area (Å²) in [7, 11) is 0. The molecule has 0 aliphatic rings. The van der Waals surface area contributed by atoms with Gasteiger partial charge in [-0.25, -0.2) is 4.79 Å². The van der Waals surface area contributed by atoms with Crippen LogP contribution in [0.4, 0.5) is 0 Å². The highest BCUT2D eigenvalue weighted by Gasteiger charge is 2.24. The van der Waals surface area contributed by atoms with E-state index in [4.69, 9.17) is 20.9 Å². The third-order valence-corrected chi connectivity index (χ3v) is 4.72. The molecular weight excluding hydrogens is 404 g/mol. The Kier molecular flexibility index (Phi) is 11.4. The predicted molar refractivity (Wildman–Crippen MR) is 129 cm³/mol. The number of hydrogen-bond donors (Lipinski definition) is 2. The van der Waals surface area contributed by atoms with Crippen molar-refractivity contribution in [2.45, 2.75) is 78.7 Å². The number of benzene rings is 1. The number of carbonyl (C=O) groups is 2. The van der Waals surface area contributed by atoms with Gasteiger partial charge in [0.05, 0.1) is 0 Å². The number of nitrogens with two attached hydrogens (primary N) is 2. The van der Waals surface area contributed by atoms with Crippen LogP contribution in [0.3, 0.4) is 0 Å². The van der Waals surface area contributed by atoms with E-state index in [-0.39, 0.29) is 11.8 Å². The highest BCUT2D eigenvalue weighted by molar-refractivity contribution is 5.82. The Morgan fingerprint density at radius 1 is 1.09 bits per heavy atom. The minimum absolute atomic E-state index is 0.0947. The topological polar surface area (TPSA) is 105 Å². The maximum Gasteiger partial charge on any atom is 0.330 e. The van der Waals surface area contributed by atoms with Gasteiger partial charge in [-0.3, -0.25) is 4.79 Å². The molecule has 32 heavy (non-hydrogen) atoms. The zero-order valence-corrected chi connectivity index (χ0v) is 20.3. The Labute approximate surface area is 193 Å². The summed E-state index contributed by atoms with van der Waals surface area (Å²) < 4.78 is 11.0. The van der Waals surface area contributed by atoms with Crippen molar-refractivity contribution in [2.75, 3.05) is 0 Å². The number of carbonyl (C=O) groups excluding carboxylic acids is 2. The lowest BCUT2D eigenvalue weighted by molar-refractivity contribution is -0.152. The van der Waals surface area contributed by atoms with Crippen molar-refractivity contribution < 1.29 is 19.1 Å². The molecule has 6 heteroatoms. The number of hydrogen-bond acceptors (Lipinski definition) is 6. The van der Waals surface area contributed by atoms with Gasteiger partial charge in [-0.2, -0.15) is 0 Å². The molecule has 0 heterocycles. The van der Waals surface area contributed by atoms with Crippen molar-refractivity contribution in [2.24, 2.45) is 23.3 Å². The van der Waals surface area contributed by atoms with Crippen LogP contribution >= 0.6 is 0 Å². The average Bonchev–Trinajstić information content (AvgIpc) is 2.69. The Balaban J connectivity index is 2.89. The molecule has 0 radical (unpaired) electrons. The molecule has 0 bridgehead atoms. The largest absolute Gasteiger partial charge is 0.460 e. The second-order valence-electron chi connectivity index (χ2n) is 9.55. The standard InChI is InChI=1S/C26H40N2O4/c1-18(2)16-22(28)25(30)31-23(8-7-9-24(29)32-26(4,5)6)19(3)10-11-20-12-14-21(17-27)15-13-20/h7,9-15,18-19,22-23H,8,16-17,27-28H2,1-6H3/b9-7+,11-10+/t19-,22+,23+/m1/s1. The van der Waals surface area contributed by atoms with Crippen LogP contribution in [0, 0.1) is 11.8 Å². The van der Waals surface area contributed by atoms with Crippen LogP contribution in [0.15, 0.2) is 42.5 Å². The van der Waals surface area contributed by atoms with Gasteiger partial charge in [-0.05, 0) is 44.2 Å². The maximum atomic E-state index is 12.5. The van der Waals surface area contributed by atoms with Crippen LogP contribution in [0.5, 0.6) is 0 Å². The van der Waals surface area contributed by atoms with E-state index in [9.17, 15) is 9.59 Å². The minimum Gasteiger partial charge on any atom is -0.460 e. The van der Waals surface area contributed by atoms with Crippen LogP contribution in [0.25, 0.3) is 6.08 Å². The van der Waals surface area contributed by atoms with Crippen molar-refractivity contribution in [3.05, 3.63) is 53.6 Å². The molecule has 4 N–H and O–H groups in total. The van der Waals surface area contributed by atoms with Gasteiger partial charge in [-0.15, -0.1) is 0 Å². The number of rotatable bonds is 11. The normalized spacial score (nSPS) is 15.2. The maximum absolute atomic E-state index is 12.5. The second kappa shape index (κ2) is 13.2. The molecule has 6 nitrogen and oxygen atoms in total. The molecule has 1 aromatic rings. The summed E-state index contributed by atoms with van der Waals surface area (Å²) in [6, 6.07) is 7.28. The average molecular weight is 445 g/mol. The first-order valence-corrected chi connectivity index (χ1v) is 11.2. The molecule has 0 fully saturated rings. The summed E-state index contributed by atoms with van der Waals surface area (Å²) in [4.78, 5) is 24.5. The molecule has 0 aliphatic carbocycles. The van der Waals surface area contributed by atoms with Gasteiger partial charge in [0, 0.05) is 25.0 Å². The molecular formula is C26H40N2O4. The van der Waals surface area contributed by atoms with Crippen molar-refractivity contribution in [1.82, 2.24) is 0 Å². The van der Waals surface area contributed by atoms with Crippen LogP contribution in [-0.4, -0.2) is 29.7 Å². The minimum atomic E-state index is -0.674. The fourth-order valence-corrected chi connectivity index (χ4v) is 3.00. The molecule has 0 amide bonds. The van der Waals surface area contributed by atoms with E-state index in [1.807, 2.05) is 78.0 Å². The molecule has 3 atom stereocenters. The van der Waals surface area contributed by atoms with Gasteiger partial charge < -0.3 is 20.9 Å². The van der Waals surface area contributed by atoms with Crippen molar-refractivity contribution in [3.63, 3.8) is 0 Å². The molecule has 1 aromatic carbocycles. The number of ether oxygens (including phenoxy) is 2. The van der Waals surface area contributed by atoms with Crippen LogP contribution in [0.2, 0.25) is 0 Å². The SMILES string of the molecule is CC(C)C[C@H](N)C(=O)O[C@@H](C/C=C/C(=O)OC(C)(C)C)[C@H](C)/C=C/c1ccc(CN)cc1. The third kappa shape index (κ3) is 11.3. The van der Waals surface area contributed by atoms with E-state index in [0.717, 1.165) is 11.1 Å². The smallest absolute Gasteiger partial charge is 0.330 e. The zero-order chi connectivity index (χ0) is 24.3. The first-order valence-electron chi connectivity index (χ1n) is 11.2. The van der Waals surface area contributed by atoms with Gasteiger partial charge >= 0.3 is 11.9 Å². The monoisotopic (exact) mass is 444 g/mol. The van der Waals surface area contributed by atoms with Gasteiger partial charge in [0.25, 0.3) is 0 Å². The summed E-state index contributed by atoms with van der Waals surface area (Å²) in [6.45, 7) is 11.9. The van der Waals surface area contributed by atoms with E-state index < -0.39 is 29.7 Å². The summed E-state index contributed by atoms with van der Waals surface area (Å²) >= 11 is 0. The fraction of sp³-hybridized carbons (Fsp3) is 0.538. The first kappa shape index (κ1) is 27.6. The predicted octanol–water partition coefficient (Wildman–Crippen LogP) is 4.37. The molecule has 0 spiro atoms. The summed E-state index contributed by atoms with van der Waals surface area (Å²) in [5.74, 6) is -0.663. The van der Waals surface area contributed by atoms with Crippen molar-refractivity contribution in [1.29, 1.82) is 0 Å². The first-order chi connectivity index (χ1) is 14.9. The quantitative estimate of drug-likeness (QED) is 0.388. The lowest BCUT2D eigenvalue weighted by atomic mass is 9.99. The Bertz CT molecular complexity index is 776. The second-order valence-corrected chi connectivity index (χ2v) is 9.55. The van der Waals surface area contributed by atoms with Gasteiger partial charge in [-0.1, -0.05) is 63.3 Å². The van der Waals surface area contributed by atoms with E-state index in [1.54, 1.807) is 6.08 Å². The Morgan fingerprint density at radius 3 is 2.25 bits per heavy atom. The van der Waals surface area contributed by atoms with Gasteiger partial charge in [0.15, 0.2) is 0 Å². The summed E-state index contributed by atoms with van der Waals surface area (Å²) in [6.07, 6.45) is 7.50. The highest BCUT2D eigenvalue weighted by Crippen LogP contribution is 2.18. The fourth-order valence-electron chi connectivity index (χ4n) is 3.00. The Morgan fingerprint density at radius 2 is 1.72 bits per heavy atom. The molecule has 0 saturated heterocycles. The van der Waals surface area contributed by atoms with Crippen molar-refractivity contribution in [3.8, 4) is 0 Å². The molecule has 0 aliphatic heterocycles. The molecule has 1 rings (SSSR count). The van der Waals surface area contributed by atoms with Crippen LogP contribution in [-0.2, 0) is 25.6 Å². The van der Waals surface area contributed by atoms with E-state index in [2.05, 4.69) is 0 Å². The molecule has 0 aromatic heterocycles. The lowest BCUT2D eigenvalue weighted by Crippen LogP contribution is -2.37. The number of esters is 2. The van der Waals surface area contributed by atoms with Crippen LogP contribution < -0.4 is 11.5 Å². The van der Waals surface area contributed by atoms with Gasteiger partial charge in [0.1, 0.15) is 17.7 Å². The molecule has 178 valence electrons. The highest BCUT2D eigenvalue weighted by atomic mass is 16.6. The van der Waals surface area contributed by atoms with E-state index in [1.165, 1.54) is 6.08 Å². The molecule has 0 unspecified atom stereocenters. The molecule has 0 saturated carbocycles. The summed E-state index contributed by atoms with van der Waals surface area (Å²) in [5.41, 5.74) is 13.2. The van der Waals surface area contributed by atoms with Crippen molar-refractivity contribution >= 4 is 18.0 Å². The zero-order valence-electron chi connectivity index (χ0n) is 20.3. The summed E-state index contributed by atoms with van der Waals surface area (Å²) in [5, 5.41) is 0. The Hall–Kier alpha value is -2.44. The third-order valence-electron chi connectivity index (χ3n) is 4.72. The lowest BCUT2D eigenvalue weighted by Gasteiger charge is -2.23. The van der Waals surface area contributed by atoms with E-state index in [0.29, 0.717) is 19.4 Å². The van der Waals surface area contributed by atoms with Gasteiger partial charge in [0.2, 0.25) is 0 Å². The van der Waals surface area contributed by atoms with Crippen LogP contribution in [0.1, 0.15) is 65.5 Å². The van der Waals surface area contributed by atoms with E-state index >= 15 is 0 Å².